The highest BCUT2D eigenvalue weighted by molar-refractivity contribution is 5.97. The van der Waals surface area contributed by atoms with E-state index in [0.29, 0.717) is 37.1 Å². The van der Waals surface area contributed by atoms with Gasteiger partial charge in [0.2, 0.25) is 5.91 Å². The van der Waals surface area contributed by atoms with Crippen molar-refractivity contribution in [3.63, 3.8) is 0 Å². The van der Waals surface area contributed by atoms with E-state index >= 15 is 0 Å². The van der Waals surface area contributed by atoms with Gasteiger partial charge in [-0.3, -0.25) is 14.4 Å². The summed E-state index contributed by atoms with van der Waals surface area (Å²) in [5, 5.41) is 8.97. The topological polar surface area (TPSA) is 77.9 Å². The molecule has 7 heteroatoms. The normalized spacial score (nSPS) is 15.2. The largest absolute Gasteiger partial charge is 0.481 e. The molecule has 1 saturated heterocycles. The zero-order valence-electron chi connectivity index (χ0n) is 13.8. The number of likely N-dealkylation sites (tertiary alicyclic amines) is 1. The molecule has 1 heterocycles. The fraction of sp³-hybridized carbons (Fsp3) is 0.471. The summed E-state index contributed by atoms with van der Waals surface area (Å²) >= 11 is 0. The van der Waals surface area contributed by atoms with Gasteiger partial charge < -0.3 is 14.9 Å². The number of likely N-dealkylation sites (N-methyl/N-ethyl adjacent to an activating group) is 1. The zero-order chi connectivity index (χ0) is 17.9. The van der Waals surface area contributed by atoms with E-state index in [2.05, 4.69) is 0 Å². The molecule has 2 rings (SSSR count). The number of aliphatic carboxylic acids is 1. The van der Waals surface area contributed by atoms with E-state index in [4.69, 9.17) is 5.11 Å². The summed E-state index contributed by atoms with van der Waals surface area (Å²) in [6.45, 7) is 2.32. The highest BCUT2D eigenvalue weighted by Crippen LogP contribution is 2.18. The van der Waals surface area contributed by atoms with Gasteiger partial charge in [0.1, 0.15) is 5.82 Å². The smallest absolute Gasteiger partial charge is 0.306 e. The van der Waals surface area contributed by atoms with E-state index < -0.39 is 17.7 Å². The summed E-state index contributed by atoms with van der Waals surface area (Å²) in [4.78, 5) is 38.5. The molecule has 2 amide bonds. The van der Waals surface area contributed by atoms with Crippen LogP contribution in [0.1, 0.15) is 28.8 Å². The number of carboxylic acid groups (broad SMARTS) is 1. The highest BCUT2D eigenvalue weighted by Gasteiger charge is 2.28. The molecule has 1 aliphatic rings. The number of rotatable bonds is 4. The molecule has 6 nitrogen and oxygen atoms in total. The Morgan fingerprint density at radius 2 is 1.92 bits per heavy atom. The molecular formula is C17H21FN2O4. The average molecular weight is 336 g/mol. The fourth-order valence-corrected chi connectivity index (χ4v) is 2.82. The first-order chi connectivity index (χ1) is 11.3. The Morgan fingerprint density at radius 3 is 2.46 bits per heavy atom. The molecule has 0 radical (unpaired) electrons. The minimum absolute atomic E-state index is 0.0899. The predicted molar refractivity (Wildman–Crippen MR) is 85.0 cm³/mol. The number of carbonyl (C=O) groups excluding carboxylic acids is 2. The summed E-state index contributed by atoms with van der Waals surface area (Å²) in [6, 6.07) is 3.90. The molecule has 1 aromatic rings. The zero-order valence-corrected chi connectivity index (χ0v) is 13.8. The summed E-state index contributed by atoms with van der Waals surface area (Å²) < 4.78 is 13.1. The van der Waals surface area contributed by atoms with Crippen molar-refractivity contribution in [3.05, 3.63) is 35.1 Å². The Bertz CT molecular complexity index is 654. The van der Waals surface area contributed by atoms with E-state index in [1.165, 1.54) is 30.1 Å². The van der Waals surface area contributed by atoms with Gasteiger partial charge in [-0.2, -0.15) is 0 Å². The van der Waals surface area contributed by atoms with Gasteiger partial charge >= 0.3 is 5.97 Å². The second-order valence-corrected chi connectivity index (χ2v) is 6.11. The van der Waals surface area contributed by atoms with E-state index in [1.54, 1.807) is 11.8 Å². The van der Waals surface area contributed by atoms with Gasteiger partial charge in [-0.15, -0.1) is 0 Å². The third kappa shape index (κ3) is 4.10. The second-order valence-electron chi connectivity index (χ2n) is 6.11. The van der Waals surface area contributed by atoms with E-state index in [1.807, 2.05) is 0 Å². The number of halogens is 1. The lowest BCUT2D eigenvalue weighted by atomic mass is 9.97. The fourth-order valence-electron chi connectivity index (χ4n) is 2.82. The third-order valence-corrected chi connectivity index (χ3v) is 4.33. The van der Waals surface area contributed by atoms with Crippen molar-refractivity contribution in [2.45, 2.75) is 19.8 Å². The molecule has 130 valence electrons. The first-order valence-corrected chi connectivity index (χ1v) is 7.81. The molecule has 0 spiro atoms. The minimum atomic E-state index is -0.832. The van der Waals surface area contributed by atoms with Crippen molar-refractivity contribution in [3.8, 4) is 0 Å². The Hall–Kier alpha value is -2.44. The lowest BCUT2D eigenvalue weighted by Gasteiger charge is -2.31. The third-order valence-electron chi connectivity index (χ3n) is 4.33. The van der Waals surface area contributed by atoms with Crippen LogP contribution in [-0.4, -0.2) is 59.4 Å². The maximum atomic E-state index is 13.1. The highest BCUT2D eigenvalue weighted by atomic mass is 19.1. The first kappa shape index (κ1) is 17.9. The number of hydrogen-bond acceptors (Lipinski definition) is 3. The van der Waals surface area contributed by atoms with E-state index in [9.17, 15) is 18.8 Å². The van der Waals surface area contributed by atoms with E-state index in [-0.39, 0.29) is 18.4 Å². The minimum Gasteiger partial charge on any atom is -0.481 e. The molecule has 1 fully saturated rings. The van der Waals surface area contributed by atoms with Gasteiger partial charge in [0.25, 0.3) is 5.91 Å². The lowest BCUT2D eigenvalue weighted by Crippen LogP contribution is -2.45. The van der Waals surface area contributed by atoms with Crippen LogP contribution in [0.2, 0.25) is 0 Å². The van der Waals surface area contributed by atoms with Crippen molar-refractivity contribution < 1.29 is 23.9 Å². The number of amides is 2. The number of nitrogens with zero attached hydrogens (tertiary/aromatic N) is 2. The van der Waals surface area contributed by atoms with Crippen LogP contribution in [0.4, 0.5) is 4.39 Å². The van der Waals surface area contributed by atoms with Gasteiger partial charge in [0.05, 0.1) is 12.5 Å². The molecule has 0 bridgehead atoms. The summed E-state index contributed by atoms with van der Waals surface area (Å²) in [7, 11) is 1.52. The molecule has 0 atom stereocenters. The van der Waals surface area contributed by atoms with Crippen molar-refractivity contribution in [2.24, 2.45) is 5.92 Å². The first-order valence-electron chi connectivity index (χ1n) is 7.81. The van der Waals surface area contributed by atoms with Crippen molar-refractivity contribution in [1.29, 1.82) is 0 Å². The van der Waals surface area contributed by atoms with Crippen LogP contribution in [0.5, 0.6) is 0 Å². The van der Waals surface area contributed by atoms with Crippen LogP contribution in [0.15, 0.2) is 18.2 Å². The van der Waals surface area contributed by atoms with Crippen LogP contribution in [0.25, 0.3) is 0 Å². The summed E-state index contributed by atoms with van der Waals surface area (Å²) in [6.07, 6.45) is 0.853. The Kier molecular flexibility index (Phi) is 5.54. The van der Waals surface area contributed by atoms with Crippen LogP contribution in [-0.2, 0) is 9.59 Å². The number of carboxylic acids is 1. The predicted octanol–water partition coefficient (Wildman–Crippen LogP) is 1.53. The number of piperidine rings is 1. The Morgan fingerprint density at radius 1 is 1.29 bits per heavy atom. The molecule has 1 aromatic carbocycles. The Labute approximate surface area is 139 Å². The maximum absolute atomic E-state index is 13.1. The van der Waals surface area contributed by atoms with Crippen molar-refractivity contribution in [2.75, 3.05) is 26.7 Å². The van der Waals surface area contributed by atoms with Gasteiger partial charge in [0.15, 0.2) is 0 Å². The molecular weight excluding hydrogens is 315 g/mol. The van der Waals surface area contributed by atoms with Gasteiger partial charge in [-0.1, -0.05) is 0 Å². The van der Waals surface area contributed by atoms with Crippen molar-refractivity contribution in [1.82, 2.24) is 9.80 Å². The number of carbonyl (C=O) groups is 3. The van der Waals surface area contributed by atoms with Crippen LogP contribution >= 0.6 is 0 Å². The average Bonchev–Trinajstić information content (AvgIpc) is 2.54. The molecule has 0 aromatic heterocycles. The van der Waals surface area contributed by atoms with Crippen LogP contribution in [0, 0.1) is 18.7 Å². The molecule has 0 unspecified atom stereocenters. The van der Waals surface area contributed by atoms with Crippen molar-refractivity contribution >= 4 is 17.8 Å². The lowest BCUT2D eigenvalue weighted by molar-refractivity contribution is -0.145. The standard InChI is InChI=1S/C17H21FN2O4/c1-11-9-13(18)3-4-14(11)16(22)19(2)10-15(21)20-7-5-12(6-8-20)17(23)24/h3-4,9,12H,5-8,10H2,1-2H3,(H,23,24). The number of benzene rings is 1. The maximum Gasteiger partial charge on any atom is 0.306 e. The van der Waals surface area contributed by atoms with E-state index in [0.717, 1.165) is 0 Å². The molecule has 24 heavy (non-hydrogen) atoms. The van der Waals surface area contributed by atoms with Gasteiger partial charge in [0, 0.05) is 25.7 Å². The van der Waals surface area contributed by atoms with Crippen LogP contribution in [0.3, 0.4) is 0 Å². The SMILES string of the molecule is Cc1cc(F)ccc1C(=O)N(C)CC(=O)N1CCC(C(=O)O)CC1. The van der Waals surface area contributed by atoms with Gasteiger partial charge in [-0.25, -0.2) is 4.39 Å². The quantitative estimate of drug-likeness (QED) is 0.904. The summed E-state index contributed by atoms with van der Waals surface area (Å²) in [5.74, 6) is -2.21. The number of hydrogen-bond donors (Lipinski definition) is 1. The monoisotopic (exact) mass is 336 g/mol. The molecule has 1 aliphatic heterocycles. The molecule has 1 N–H and O–H groups in total. The summed E-state index contributed by atoms with van der Waals surface area (Å²) in [5.41, 5.74) is 0.873. The molecule has 0 aliphatic carbocycles. The Balaban J connectivity index is 1.94. The molecule has 0 saturated carbocycles. The number of aryl methyl sites for hydroxylation is 1. The van der Waals surface area contributed by atoms with Gasteiger partial charge in [-0.05, 0) is 43.5 Å². The van der Waals surface area contributed by atoms with Crippen LogP contribution < -0.4 is 0 Å². The second kappa shape index (κ2) is 7.42.